The largest absolute Gasteiger partial charge is 0.378 e. The van der Waals surface area contributed by atoms with E-state index in [1.807, 2.05) is 6.92 Å². The maximum Gasteiger partial charge on any atom is 0.259 e. The standard InChI is InChI=1S/C20H24FN3O4/c1-3-28-16-8-15(16)20(19(22)27)9-14(17(25)23-2)18(26)24(11-20)10-12-5-4-6-13(21)7-12/h4-7,9,15-16H,3,8,10-11H2,1-2H3,(H2,22,27)(H,23,25)/t15-,16+,20?/m0/s1. The summed E-state index contributed by atoms with van der Waals surface area (Å²) in [5.74, 6) is -2.36. The molecular formula is C20H24FN3O4. The second kappa shape index (κ2) is 7.71. The van der Waals surface area contributed by atoms with Crippen molar-refractivity contribution in [3.63, 3.8) is 0 Å². The van der Waals surface area contributed by atoms with Gasteiger partial charge in [0.15, 0.2) is 0 Å². The molecule has 8 heteroatoms. The molecule has 1 aliphatic heterocycles. The summed E-state index contributed by atoms with van der Waals surface area (Å²) in [4.78, 5) is 39.1. The molecule has 3 amide bonds. The van der Waals surface area contributed by atoms with Crippen molar-refractivity contribution in [1.82, 2.24) is 10.2 Å². The summed E-state index contributed by atoms with van der Waals surface area (Å²) in [6, 6.07) is 5.85. The first-order chi connectivity index (χ1) is 13.3. The third kappa shape index (κ3) is 3.64. The molecule has 1 aromatic carbocycles. The zero-order valence-electron chi connectivity index (χ0n) is 15.9. The Kier molecular flexibility index (Phi) is 5.51. The maximum absolute atomic E-state index is 13.6. The first-order valence-electron chi connectivity index (χ1n) is 9.22. The Morgan fingerprint density at radius 2 is 2.18 bits per heavy atom. The molecule has 28 heavy (non-hydrogen) atoms. The second-order valence-corrected chi connectivity index (χ2v) is 7.17. The van der Waals surface area contributed by atoms with Gasteiger partial charge >= 0.3 is 0 Å². The van der Waals surface area contributed by atoms with Crippen LogP contribution in [0, 0.1) is 17.2 Å². The summed E-state index contributed by atoms with van der Waals surface area (Å²) in [5.41, 5.74) is 4.98. The van der Waals surface area contributed by atoms with Crippen LogP contribution in [-0.4, -0.2) is 48.9 Å². The number of hydrogen-bond acceptors (Lipinski definition) is 4. The summed E-state index contributed by atoms with van der Waals surface area (Å²) < 4.78 is 19.2. The average molecular weight is 389 g/mol. The van der Waals surface area contributed by atoms with Gasteiger partial charge in [-0.25, -0.2) is 4.39 Å². The Bertz CT molecular complexity index is 840. The topological polar surface area (TPSA) is 102 Å². The van der Waals surface area contributed by atoms with Gasteiger partial charge in [-0.1, -0.05) is 12.1 Å². The number of nitrogens with two attached hydrogens (primary N) is 1. The fourth-order valence-corrected chi connectivity index (χ4v) is 3.87. The fourth-order valence-electron chi connectivity index (χ4n) is 3.87. The lowest BCUT2D eigenvalue weighted by Gasteiger charge is -2.39. The van der Waals surface area contributed by atoms with Gasteiger partial charge in [-0.2, -0.15) is 0 Å². The number of benzene rings is 1. The van der Waals surface area contributed by atoms with Crippen LogP contribution in [0.3, 0.4) is 0 Å². The van der Waals surface area contributed by atoms with Crippen LogP contribution in [-0.2, 0) is 25.7 Å². The third-order valence-corrected chi connectivity index (χ3v) is 5.34. The van der Waals surface area contributed by atoms with Gasteiger partial charge in [0, 0.05) is 32.7 Å². The predicted octanol–water partition coefficient (Wildman–Crippen LogP) is 0.737. The van der Waals surface area contributed by atoms with E-state index < -0.39 is 29.0 Å². The van der Waals surface area contributed by atoms with Crippen molar-refractivity contribution in [3.8, 4) is 0 Å². The van der Waals surface area contributed by atoms with Crippen LogP contribution in [0.15, 0.2) is 35.9 Å². The number of carbonyl (C=O) groups is 3. The van der Waals surface area contributed by atoms with E-state index in [2.05, 4.69) is 5.32 Å². The van der Waals surface area contributed by atoms with Crippen LogP contribution in [0.1, 0.15) is 18.9 Å². The van der Waals surface area contributed by atoms with Gasteiger partial charge in [0.1, 0.15) is 11.4 Å². The van der Waals surface area contributed by atoms with Gasteiger partial charge in [-0.05, 0) is 37.1 Å². The third-order valence-electron chi connectivity index (χ3n) is 5.34. The van der Waals surface area contributed by atoms with Crippen molar-refractivity contribution in [2.75, 3.05) is 20.2 Å². The summed E-state index contributed by atoms with van der Waals surface area (Å²) >= 11 is 0. The van der Waals surface area contributed by atoms with Crippen molar-refractivity contribution in [2.24, 2.45) is 17.1 Å². The van der Waals surface area contributed by atoms with Gasteiger partial charge < -0.3 is 20.7 Å². The van der Waals surface area contributed by atoms with Crippen molar-refractivity contribution < 1.29 is 23.5 Å². The number of amides is 3. The molecule has 0 saturated heterocycles. The predicted molar refractivity (Wildman–Crippen MR) is 99.1 cm³/mol. The Morgan fingerprint density at radius 1 is 1.43 bits per heavy atom. The van der Waals surface area contributed by atoms with E-state index in [-0.39, 0.29) is 30.7 Å². The molecule has 1 fully saturated rings. The molecule has 1 aromatic rings. The molecule has 3 N–H and O–H groups in total. The maximum atomic E-state index is 13.6. The molecule has 1 unspecified atom stereocenters. The number of primary amides is 1. The van der Waals surface area contributed by atoms with E-state index in [9.17, 15) is 18.8 Å². The minimum atomic E-state index is -1.21. The van der Waals surface area contributed by atoms with Crippen molar-refractivity contribution in [1.29, 1.82) is 0 Å². The molecule has 0 spiro atoms. The van der Waals surface area contributed by atoms with E-state index >= 15 is 0 Å². The molecule has 0 radical (unpaired) electrons. The number of nitrogens with zero attached hydrogens (tertiary/aromatic N) is 1. The molecule has 2 aliphatic rings. The highest BCUT2D eigenvalue weighted by Gasteiger charge is 2.59. The summed E-state index contributed by atoms with van der Waals surface area (Å²) in [6.45, 7) is 2.44. The van der Waals surface area contributed by atoms with Gasteiger partial charge in [0.2, 0.25) is 5.91 Å². The minimum Gasteiger partial charge on any atom is -0.378 e. The molecule has 1 saturated carbocycles. The molecule has 3 rings (SSSR count). The monoisotopic (exact) mass is 389 g/mol. The Morgan fingerprint density at radius 3 is 2.79 bits per heavy atom. The lowest BCUT2D eigenvalue weighted by atomic mass is 9.76. The van der Waals surface area contributed by atoms with Crippen molar-refractivity contribution >= 4 is 17.7 Å². The molecule has 1 heterocycles. The zero-order valence-corrected chi connectivity index (χ0v) is 15.9. The summed E-state index contributed by atoms with van der Waals surface area (Å²) in [7, 11) is 1.41. The van der Waals surface area contributed by atoms with E-state index in [4.69, 9.17) is 10.5 Å². The molecule has 7 nitrogen and oxygen atoms in total. The summed E-state index contributed by atoms with van der Waals surface area (Å²) in [5, 5.41) is 2.43. The average Bonchev–Trinajstić information content (AvgIpc) is 3.43. The van der Waals surface area contributed by atoms with Crippen LogP contribution in [0.2, 0.25) is 0 Å². The van der Waals surface area contributed by atoms with Crippen LogP contribution in [0.4, 0.5) is 4.39 Å². The van der Waals surface area contributed by atoms with Gasteiger partial charge in [-0.3, -0.25) is 14.4 Å². The van der Waals surface area contributed by atoms with E-state index in [1.54, 1.807) is 12.1 Å². The van der Waals surface area contributed by atoms with Crippen molar-refractivity contribution in [2.45, 2.75) is 26.0 Å². The number of ether oxygens (including phenoxy) is 1. The molecule has 150 valence electrons. The highest BCUT2D eigenvalue weighted by molar-refractivity contribution is 6.19. The van der Waals surface area contributed by atoms with E-state index in [0.717, 1.165) is 0 Å². The Balaban J connectivity index is 1.99. The highest BCUT2D eigenvalue weighted by Crippen LogP contribution is 2.51. The number of nitrogens with one attached hydrogen (secondary N) is 1. The Hall–Kier alpha value is -2.74. The molecular weight excluding hydrogens is 365 g/mol. The minimum absolute atomic E-state index is 0.0203. The molecule has 3 atom stereocenters. The molecule has 0 bridgehead atoms. The van der Waals surface area contributed by atoms with Gasteiger partial charge in [0.25, 0.3) is 11.8 Å². The second-order valence-electron chi connectivity index (χ2n) is 7.17. The highest BCUT2D eigenvalue weighted by atomic mass is 19.1. The van der Waals surface area contributed by atoms with Crippen LogP contribution < -0.4 is 11.1 Å². The van der Waals surface area contributed by atoms with E-state index in [1.165, 1.54) is 30.2 Å². The zero-order chi connectivity index (χ0) is 20.5. The number of halogens is 1. The van der Waals surface area contributed by atoms with Crippen LogP contribution >= 0.6 is 0 Å². The smallest absolute Gasteiger partial charge is 0.259 e. The Labute approximate surface area is 162 Å². The number of carbonyl (C=O) groups excluding carboxylic acids is 3. The number of rotatable bonds is 7. The quantitative estimate of drug-likeness (QED) is 0.672. The van der Waals surface area contributed by atoms with Crippen LogP contribution in [0.5, 0.6) is 0 Å². The van der Waals surface area contributed by atoms with Crippen LogP contribution in [0.25, 0.3) is 0 Å². The lowest BCUT2D eigenvalue weighted by molar-refractivity contribution is -0.137. The van der Waals surface area contributed by atoms with E-state index in [0.29, 0.717) is 18.6 Å². The summed E-state index contributed by atoms with van der Waals surface area (Å²) in [6.07, 6.45) is 1.88. The fraction of sp³-hybridized carbons (Fsp3) is 0.450. The molecule has 0 aromatic heterocycles. The van der Waals surface area contributed by atoms with Gasteiger partial charge in [-0.15, -0.1) is 0 Å². The van der Waals surface area contributed by atoms with Crippen molar-refractivity contribution in [3.05, 3.63) is 47.3 Å². The first kappa shape index (κ1) is 20.0. The van der Waals surface area contributed by atoms with Gasteiger partial charge in [0.05, 0.1) is 11.5 Å². The number of likely N-dealkylation sites (N-methyl/N-ethyl adjacent to an activating group) is 1. The number of hydrogen-bond donors (Lipinski definition) is 2. The lowest BCUT2D eigenvalue weighted by Crippen LogP contribution is -2.54. The normalized spacial score (nSPS) is 26.6. The molecule has 1 aliphatic carbocycles. The first-order valence-corrected chi connectivity index (χ1v) is 9.22. The SMILES string of the molecule is CCO[C@@H]1C[C@@H]1C1(C(N)=O)C=C(C(=O)NC)C(=O)N(Cc2cccc(F)c2)C1.